The summed E-state index contributed by atoms with van der Waals surface area (Å²) < 4.78 is 5.04. The predicted molar refractivity (Wildman–Crippen MR) is 118 cm³/mol. The van der Waals surface area contributed by atoms with Crippen molar-refractivity contribution in [1.82, 2.24) is 10.2 Å². The molecule has 1 aliphatic heterocycles. The summed E-state index contributed by atoms with van der Waals surface area (Å²) in [7, 11) is 1.64. The minimum absolute atomic E-state index is 0.0476. The van der Waals surface area contributed by atoms with Crippen LogP contribution in [0.15, 0.2) is 0 Å². The van der Waals surface area contributed by atoms with Gasteiger partial charge >= 0.3 is 0 Å². The molecule has 8 heteroatoms. The fraction of sp³-hybridized carbons (Fsp3) is 0.682. The van der Waals surface area contributed by atoms with E-state index >= 15 is 0 Å². The largest absolute Gasteiger partial charge is 0.385 e. The molecule has 30 heavy (non-hydrogen) atoms. The van der Waals surface area contributed by atoms with E-state index in [9.17, 15) is 14.4 Å². The van der Waals surface area contributed by atoms with E-state index in [0.29, 0.717) is 36.7 Å². The Balaban J connectivity index is 1.69. The number of carbonyl (C=O) groups is 3. The van der Waals surface area contributed by atoms with E-state index in [4.69, 9.17) is 4.74 Å². The Labute approximate surface area is 182 Å². The summed E-state index contributed by atoms with van der Waals surface area (Å²) in [6.07, 6.45) is 9.23. The van der Waals surface area contributed by atoms with Gasteiger partial charge in [-0.1, -0.05) is 12.8 Å². The lowest BCUT2D eigenvalue weighted by molar-refractivity contribution is -0.135. The zero-order valence-electron chi connectivity index (χ0n) is 17.9. The summed E-state index contributed by atoms with van der Waals surface area (Å²) in [4.78, 5) is 40.9. The SMILES string of the molecule is COCCCNC(=O)c1c(NC(=O)CN2CCCCCCC2=O)sc2c1CCCC2. The first kappa shape index (κ1) is 22.7. The lowest BCUT2D eigenvalue weighted by Gasteiger charge is -2.24. The second-order valence-corrected chi connectivity index (χ2v) is 9.15. The Morgan fingerprint density at radius 1 is 1.07 bits per heavy atom. The standard InChI is InChI=1S/C22H33N3O4S/c1-29-14-8-12-23-21(28)20-16-9-5-6-10-17(16)30-22(20)24-18(26)15-25-13-7-3-2-4-11-19(25)27/h2-15H2,1H3,(H,23,28)(H,24,26). The van der Waals surface area contributed by atoms with Crippen LogP contribution in [0.5, 0.6) is 0 Å². The van der Waals surface area contributed by atoms with Crippen molar-refractivity contribution in [2.45, 2.75) is 64.2 Å². The predicted octanol–water partition coefficient (Wildman–Crippen LogP) is 3.12. The van der Waals surface area contributed by atoms with Crippen molar-refractivity contribution in [3.8, 4) is 0 Å². The van der Waals surface area contributed by atoms with Crippen LogP contribution in [-0.2, 0) is 27.2 Å². The summed E-state index contributed by atoms with van der Waals surface area (Å²) in [5.74, 6) is -0.314. The summed E-state index contributed by atoms with van der Waals surface area (Å²) in [5, 5.41) is 6.53. The van der Waals surface area contributed by atoms with Crippen LogP contribution in [0.2, 0.25) is 0 Å². The molecule has 0 bridgehead atoms. The minimum Gasteiger partial charge on any atom is -0.385 e. The molecule has 7 nitrogen and oxygen atoms in total. The third-order valence-corrected chi connectivity index (χ3v) is 6.93. The van der Waals surface area contributed by atoms with E-state index < -0.39 is 0 Å². The molecular formula is C22H33N3O4S. The molecule has 3 rings (SSSR count). The van der Waals surface area contributed by atoms with Crippen molar-refractivity contribution in [2.75, 3.05) is 38.7 Å². The molecule has 0 aromatic carbocycles. The molecule has 0 spiro atoms. The number of likely N-dealkylation sites (tertiary alicyclic amines) is 1. The van der Waals surface area contributed by atoms with Crippen LogP contribution in [0.1, 0.15) is 72.2 Å². The number of nitrogens with one attached hydrogen (secondary N) is 2. The number of hydrogen-bond acceptors (Lipinski definition) is 5. The molecule has 0 saturated carbocycles. The van der Waals surface area contributed by atoms with Gasteiger partial charge in [0.05, 0.1) is 12.1 Å². The number of rotatable bonds is 8. The molecular weight excluding hydrogens is 402 g/mol. The highest BCUT2D eigenvalue weighted by Crippen LogP contribution is 2.38. The first-order valence-corrected chi connectivity index (χ1v) is 11.9. The van der Waals surface area contributed by atoms with Crippen LogP contribution in [0.4, 0.5) is 5.00 Å². The monoisotopic (exact) mass is 435 g/mol. The summed E-state index contributed by atoms with van der Waals surface area (Å²) in [6, 6.07) is 0. The van der Waals surface area contributed by atoms with Gasteiger partial charge in [-0.25, -0.2) is 0 Å². The van der Waals surface area contributed by atoms with E-state index in [-0.39, 0.29) is 24.3 Å². The Morgan fingerprint density at radius 3 is 2.67 bits per heavy atom. The van der Waals surface area contributed by atoms with Crippen molar-refractivity contribution < 1.29 is 19.1 Å². The normalized spacial score (nSPS) is 17.1. The molecule has 2 N–H and O–H groups in total. The molecule has 1 aliphatic carbocycles. The molecule has 0 unspecified atom stereocenters. The van der Waals surface area contributed by atoms with Crippen LogP contribution in [0, 0.1) is 0 Å². The van der Waals surface area contributed by atoms with Gasteiger partial charge in [-0.15, -0.1) is 11.3 Å². The molecule has 1 saturated heterocycles. The number of carbonyl (C=O) groups excluding carboxylic acids is 3. The van der Waals surface area contributed by atoms with Gasteiger partial charge in [-0.2, -0.15) is 0 Å². The fourth-order valence-corrected chi connectivity index (χ4v) is 5.43. The molecule has 2 heterocycles. The lowest BCUT2D eigenvalue weighted by Crippen LogP contribution is -2.39. The van der Waals surface area contributed by atoms with Gasteiger partial charge in [-0.3, -0.25) is 14.4 Å². The molecule has 2 aliphatic rings. The Morgan fingerprint density at radius 2 is 1.83 bits per heavy atom. The van der Waals surface area contributed by atoms with Gasteiger partial charge in [0.1, 0.15) is 5.00 Å². The average molecular weight is 436 g/mol. The summed E-state index contributed by atoms with van der Waals surface area (Å²) >= 11 is 1.51. The number of nitrogens with zero attached hydrogens (tertiary/aromatic N) is 1. The van der Waals surface area contributed by atoms with Gasteiger partial charge in [0, 0.05) is 38.1 Å². The summed E-state index contributed by atoms with van der Waals surface area (Å²) in [5.41, 5.74) is 1.69. The van der Waals surface area contributed by atoms with E-state index in [1.54, 1.807) is 12.0 Å². The quantitative estimate of drug-likeness (QED) is 0.614. The highest BCUT2D eigenvalue weighted by Gasteiger charge is 2.27. The molecule has 1 fully saturated rings. The topological polar surface area (TPSA) is 87.7 Å². The molecule has 1 aromatic rings. The zero-order chi connectivity index (χ0) is 21.3. The van der Waals surface area contributed by atoms with E-state index in [1.807, 2.05) is 0 Å². The first-order valence-electron chi connectivity index (χ1n) is 11.1. The maximum absolute atomic E-state index is 12.9. The van der Waals surface area contributed by atoms with Gasteiger partial charge in [0.2, 0.25) is 11.8 Å². The highest BCUT2D eigenvalue weighted by molar-refractivity contribution is 7.17. The second kappa shape index (κ2) is 11.5. The number of anilines is 1. The van der Waals surface area contributed by atoms with Crippen LogP contribution in [-0.4, -0.2) is 56.0 Å². The van der Waals surface area contributed by atoms with Crippen LogP contribution < -0.4 is 10.6 Å². The number of fused-ring (bicyclic) bond motifs is 1. The van der Waals surface area contributed by atoms with Crippen molar-refractivity contribution in [3.05, 3.63) is 16.0 Å². The third-order valence-electron chi connectivity index (χ3n) is 5.72. The number of methoxy groups -OCH3 is 1. The van der Waals surface area contributed by atoms with Crippen molar-refractivity contribution in [2.24, 2.45) is 0 Å². The van der Waals surface area contributed by atoms with Gasteiger partial charge in [0.15, 0.2) is 0 Å². The molecule has 0 radical (unpaired) electrons. The average Bonchev–Trinajstić information content (AvgIpc) is 3.08. The second-order valence-electron chi connectivity index (χ2n) is 8.04. The van der Waals surface area contributed by atoms with Crippen LogP contribution >= 0.6 is 11.3 Å². The first-order chi connectivity index (χ1) is 14.6. The molecule has 3 amide bonds. The van der Waals surface area contributed by atoms with Gasteiger partial charge < -0.3 is 20.3 Å². The maximum atomic E-state index is 12.9. The minimum atomic E-state index is -0.226. The molecule has 166 valence electrons. The Bertz CT molecular complexity index is 762. The highest BCUT2D eigenvalue weighted by atomic mass is 32.1. The number of aryl methyl sites for hydroxylation is 1. The lowest BCUT2D eigenvalue weighted by atomic mass is 9.95. The fourth-order valence-electron chi connectivity index (χ4n) is 4.12. The molecule has 1 aromatic heterocycles. The van der Waals surface area contributed by atoms with Crippen molar-refractivity contribution in [1.29, 1.82) is 0 Å². The molecule has 0 atom stereocenters. The van der Waals surface area contributed by atoms with Gasteiger partial charge in [-0.05, 0) is 50.5 Å². The Hall–Kier alpha value is -1.93. The van der Waals surface area contributed by atoms with Crippen LogP contribution in [0.25, 0.3) is 0 Å². The maximum Gasteiger partial charge on any atom is 0.254 e. The number of thiophene rings is 1. The van der Waals surface area contributed by atoms with E-state index in [2.05, 4.69) is 10.6 Å². The third kappa shape index (κ3) is 6.04. The van der Waals surface area contributed by atoms with Gasteiger partial charge in [0.25, 0.3) is 5.91 Å². The van der Waals surface area contributed by atoms with E-state index in [0.717, 1.165) is 63.4 Å². The Kier molecular flexibility index (Phi) is 8.69. The van der Waals surface area contributed by atoms with E-state index in [1.165, 1.54) is 16.2 Å². The number of hydrogen-bond donors (Lipinski definition) is 2. The number of amides is 3. The number of ether oxygens (including phenoxy) is 1. The summed E-state index contributed by atoms with van der Waals surface area (Å²) in [6.45, 7) is 1.80. The van der Waals surface area contributed by atoms with Crippen molar-refractivity contribution >= 4 is 34.1 Å². The van der Waals surface area contributed by atoms with Crippen molar-refractivity contribution in [3.63, 3.8) is 0 Å². The van der Waals surface area contributed by atoms with Crippen LogP contribution in [0.3, 0.4) is 0 Å². The smallest absolute Gasteiger partial charge is 0.254 e. The zero-order valence-corrected chi connectivity index (χ0v) is 18.7.